The molecule has 0 saturated heterocycles. The van der Waals surface area contributed by atoms with E-state index in [1.54, 1.807) is 0 Å². The molecule has 0 radical (unpaired) electrons. The van der Waals surface area contributed by atoms with Crippen LogP contribution in [0.25, 0.3) is 10.4 Å². The highest BCUT2D eigenvalue weighted by atomic mass is 32.1. The molecule has 0 amide bonds. The quantitative estimate of drug-likeness (QED) is 0.436. The van der Waals surface area contributed by atoms with E-state index >= 15 is 0 Å². The lowest BCUT2D eigenvalue weighted by Gasteiger charge is -2.01. The van der Waals surface area contributed by atoms with Crippen molar-refractivity contribution >= 4 is 11.3 Å². The number of aryl methyl sites for hydroxylation is 1. The van der Waals surface area contributed by atoms with Gasteiger partial charge in [0.25, 0.3) is 0 Å². The molecule has 1 atom stereocenters. The molecule has 64 valence electrons. The average Bonchev–Trinajstić information content (AvgIpc) is 2.47. The second-order valence-electron chi connectivity index (χ2n) is 2.38. The highest BCUT2D eigenvalue weighted by Gasteiger charge is 2.07. The van der Waals surface area contributed by atoms with Gasteiger partial charge in [0.2, 0.25) is 0 Å². The molecule has 0 aliphatic carbocycles. The van der Waals surface area contributed by atoms with Crippen molar-refractivity contribution in [1.82, 2.24) is 0 Å². The Kier molecular flexibility index (Phi) is 3.10. The predicted molar refractivity (Wildman–Crippen MR) is 48.0 cm³/mol. The molecule has 1 N–H and O–H groups in total. The van der Waals surface area contributed by atoms with Gasteiger partial charge in [0.15, 0.2) is 0 Å². The molecule has 1 heterocycles. The second kappa shape index (κ2) is 4.11. The first-order valence-corrected chi connectivity index (χ1v) is 4.31. The van der Waals surface area contributed by atoms with E-state index in [1.165, 1.54) is 11.3 Å². The zero-order chi connectivity index (χ0) is 8.97. The number of hydrogen-bond acceptors (Lipinski definition) is 3. The summed E-state index contributed by atoms with van der Waals surface area (Å²) in [6.07, 6.45) is -0.653. The lowest BCUT2D eigenvalue weighted by Crippen LogP contribution is -1.97. The molecular formula is C7H9N3OS. The maximum Gasteiger partial charge on any atom is 0.0938 e. The summed E-state index contributed by atoms with van der Waals surface area (Å²) in [6, 6.07) is 3.77. The van der Waals surface area contributed by atoms with Gasteiger partial charge in [-0.1, -0.05) is 5.11 Å². The summed E-state index contributed by atoms with van der Waals surface area (Å²) < 4.78 is 0. The number of azide groups is 1. The van der Waals surface area contributed by atoms with Crippen molar-refractivity contribution in [2.24, 2.45) is 5.11 Å². The first-order valence-electron chi connectivity index (χ1n) is 3.49. The molecular weight excluding hydrogens is 174 g/mol. The van der Waals surface area contributed by atoms with Gasteiger partial charge in [0.1, 0.15) is 0 Å². The molecule has 12 heavy (non-hydrogen) atoms. The first-order chi connectivity index (χ1) is 5.74. The van der Waals surface area contributed by atoms with Crippen LogP contribution >= 0.6 is 11.3 Å². The number of hydrogen-bond donors (Lipinski definition) is 1. The number of rotatable bonds is 3. The summed E-state index contributed by atoms with van der Waals surface area (Å²) in [4.78, 5) is 4.57. The fourth-order valence-corrected chi connectivity index (χ4v) is 1.69. The van der Waals surface area contributed by atoms with Gasteiger partial charge in [-0.25, -0.2) is 0 Å². The van der Waals surface area contributed by atoms with Gasteiger partial charge >= 0.3 is 0 Å². The van der Waals surface area contributed by atoms with Crippen LogP contribution in [0.1, 0.15) is 15.9 Å². The Labute approximate surface area is 74.1 Å². The van der Waals surface area contributed by atoms with E-state index in [-0.39, 0.29) is 6.54 Å². The summed E-state index contributed by atoms with van der Waals surface area (Å²) in [5.74, 6) is 0. The third-order valence-corrected chi connectivity index (χ3v) is 2.51. The minimum atomic E-state index is -0.653. The summed E-state index contributed by atoms with van der Waals surface area (Å²) in [5.41, 5.74) is 8.02. The molecule has 1 aromatic heterocycles. The van der Waals surface area contributed by atoms with E-state index in [0.29, 0.717) is 0 Å². The topological polar surface area (TPSA) is 69.0 Å². The molecule has 1 aromatic rings. The lowest BCUT2D eigenvalue weighted by atomic mass is 10.3. The van der Waals surface area contributed by atoms with E-state index < -0.39 is 6.10 Å². The molecule has 1 rings (SSSR count). The number of aliphatic hydroxyl groups is 1. The van der Waals surface area contributed by atoms with E-state index in [9.17, 15) is 5.11 Å². The maximum atomic E-state index is 9.41. The fraction of sp³-hybridized carbons (Fsp3) is 0.429. The third-order valence-electron chi connectivity index (χ3n) is 1.41. The zero-order valence-corrected chi connectivity index (χ0v) is 7.45. The molecule has 0 saturated carbocycles. The fourth-order valence-electron chi connectivity index (χ4n) is 0.836. The second-order valence-corrected chi connectivity index (χ2v) is 3.70. The average molecular weight is 183 g/mol. The monoisotopic (exact) mass is 183 g/mol. The normalized spacial score (nSPS) is 12.2. The van der Waals surface area contributed by atoms with Crippen LogP contribution < -0.4 is 0 Å². The number of nitrogens with zero attached hydrogens (tertiary/aromatic N) is 3. The van der Waals surface area contributed by atoms with Gasteiger partial charge in [-0.3, -0.25) is 0 Å². The van der Waals surface area contributed by atoms with Gasteiger partial charge in [-0.05, 0) is 24.6 Å². The van der Waals surface area contributed by atoms with E-state index in [1.807, 2.05) is 19.1 Å². The number of thiophene rings is 1. The van der Waals surface area contributed by atoms with E-state index in [4.69, 9.17) is 5.53 Å². The standard InChI is InChI=1S/C7H9N3OS/c1-5-2-3-7(12-5)6(11)4-9-10-8/h2-3,6,11H,4H2,1H3/t6-/m1/s1. The summed E-state index contributed by atoms with van der Waals surface area (Å²) in [5, 5.41) is 12.7. The number of aliphatic hydroxyl groups excluding tert-OH is 1. The minimum absolute atomic E-state index is 0.108. The summed E-state index contributed by atoms with van der Waals surface area (Å²) >= 11 is 1.51. The van der Waals surface area contributed by atoms with Crippen molar-refractivity contribution in [3.63, 3.8) is 0 Å². The van der Waals surface area contributed by atoms with Gasteiger partial charge in [-0.15, -0.1) is 11.3 Å². The lowest BCUT2D eigenvalue weighted by molar-refractivity contribution is 0.190. The van der Waals surface area contributed by atoms with Crippen LogP contribution in [0.15, 0.2) is 17.2 Å². The van der Waals surface area contributed by atoms with Crippen LogP contribution in [0.2, 0.25) is 0 Å². The van der Waals surface area contributed by atoms with Crippen LogP contribution in [0.3, 0.4) is 0 Å². The van der Waals surface area contributed by atoms with Crippen LogP contribution in [0.5, 0.6) is 0 Å². The Bertz CT molecular complexity index is 303. The van der Waals surface area contributed by atoms with Crippen molar-refractivity contribution in [3.05, 3.63) is 32.3 Å². The van der Waals surface area contributed by atoms with Crippen molar-refractivity contribution in [2.45, 2.75) is 13.0 Å². The molecule has 4 nitrogen and oxygen atoms in total. The molecule has 0 aliphatic heterocycles. The molecule has 0 aromatic carbocycles. The van der Waals surface area contributed by atoms with Crippen molar-refractivity contribution in [1.29, 1.82) is 0 Å². The molecule has 0 spiro atoms. The Hall–Kier alpha value is -1.03. The molecule has 0 bridgehead atoms. The molecule has 5 heteroatoms. The van der Waals surface area contributed by atoms with Crippen LogP contribution in [0, 0.1) is 6.92 Å². The van der Waals surface area contributed by atoms with Gasteiger partial charge < -0.3 is 5.11 Å². The smallest absolute Gasteiger partial charge is 0.0938 e. The Morgan fingerprint density at radius 3 is 3.00 bits per heavy atom. The Morgan fingerprint density at radius 1 is 1.75 bits per heavy atom. The third kappa shape index (κ3) is 2.23. The summed E-state index contributed by atoms with van der Waals surface area (Å²) in [6.45, 7) is 2.07. The van der Waals surface area contributed by atoms with E-state index in [0.717, 1.165) is 9.75 Å². The molecule has 0 aliphatic rings. The predicted octanol–water partition coefficient (Wildman–Crippen LogP) is 2.40. The highest BCUT2D eigenvalue weighted by Crippen LogP contribution is 2.22. The van der Waals surface area contributed by atoms with Crippen molar-refractivity contribution < 1.29 is 5.11 Å². The Balaban J connectivity index is 2.64. The molecule has 0 unspecified atom stereocenters. The Morgan fingerprint density at radius 2 is 2.50 bits per heavy atom. The summed E-state index contributed by atoms with van der Waals surface area (Å²) in [7, 11) is 0. The maximum absolute atomic E-state index is 9.41. The zero-order valence-electron chi connectivity index (χ0n) is 6.64. The van der Waals surface area contributed by atoms with Crippen LogP contribution in [-0.2, 0) is 0 Å². The van der Waals surface area contributed by atoms with Crippen molar-refractivity contribution in [3.8, 4) is 0 Å². The van der Waals surface area contributed by atoms with Gasteiger partial charge in [0.05, 0.1) is 12.6 Å². The van der Waals surface area contributed by atoms with Crippen LogP contribution in [-0.4, -0.2) is 11.7 Å². The first kappa shape index (κ1) is 9.06. The van der Waals surface area contributed by atoms with Gasteiger partial charge in [-0.2, -0.15) is 0 Å². The molecule has 0 fully saturated rings. The SMILES string of the molecule is Cc1ccc([C@H](O)CN=[N+]=[N-])s1. The van der Waals surface area contributed by atoms with Crippen LogP contribution in [0.4, 0.5) is 0 Å². The largest absolute Gasteiger partial charge is 0.387 e. The minimum Gasteiger partial charge on any atom is -0.387 e. The van der Waals surface area contributed by atoms with E-state index in [2.05, 4.69) is 10.0 Å². The highest BCUT2D eigenvalue weighted by molar-refractivity contribution is 7.12. The van der Waals surface area contributed by atoms with Crippen molar-refractivity contribution in [2.75, 3.05) is 6.54 Å². The van der Waals surface area contributed by atoms with Gasteiger partial charge in [0, 0.05) is 14.7 Å².